The molecule has 586 valence electrons. The number of unbranched alkanes of at least 4 members (excludes halogenated alkanes) is 1. The van der Waals surface area contributed by atoms with Crippen molar-refractivity contribution >= 4 is 70.9 Å². The van der Waals surface area contributed by atoms with Crippen LogP contribution in [0.25, 0.3) is 0 Å². The molecule has 0 bridgehead atoms. The van der Waals surface area contributed by atoms with Crippen molar-refractivity contribution in [2.45, 2.75) is 226 Å². The van der Waals surface area contributed by atoms with Crippen molar-refractivity contribution < 1.29 is 67.4 Å². The fraction of sp³-hybridized carbons (Fsp3) is 0.692. The number of nitrogens with one attached hydrogen (secondary N) is 4. The monoisotopic (exact) mass is 1470 g/mol. The molecule has 2 aromatic carbocycles. The van der Waals surface area contributed by atoms with E-state index in [0.717, 1.165) is 11.3 Å². The third-order valence-electron chi connectivity index (χ3n) is 20.5. The Bertz CT molecular complexity index is 3200. The van der Waals surface area contributed by atoms with Gasteiger partial charge in [0.15, 0.2) is 0 Å². The van der Waals surface area contributed by atoms with Gasteiger partial charge in [-0.05, 0) is 106 Å². The molecule has 27 heteroatoms. The van der Waals surface area contributed by atoms with E-state index in [1.807, 2.05) is 68.4 Å². The largest absolute Gasteiger partial charge is 0.391 e. The number of hydrogen-bond acceptors (Lipinski definition) is 15. The minimum absolute atomic E-state index is 0.0161. The quantitative estimate of drug-likeness (QED) is 0.126. The lowest BCUT2D eigenvalue weighted by molar-refractivity contribution is -0.151. The maximum atomic E-state index is 15.6. The predicted molar refractivity (Wildman–Crippen MR) is 401 cm³/mol. The second-order valence-electron chi connectivity index (χ2n) is 30.8. The Balaban J connectivity index is 1.72. The zero-order chi connectivity index (χ0) is 78.1. The molecular weight excluding hydrogens is 1340 g/mol. The van der Waals surface area contributed by atoms with Gasteiger partial charge in [-0.1, -0.05) is 129 Å². The van der Waals surface area contributed by atoms with Crippen LogP contribution in [0, 0.1) is 23.7 Å². The first-order chi connectivity index (χ1) is 49.6. The van der Waals surface area contributed by atoms with Crippen molar-refractivity contribution in [1.29, 1.82) is 0 Å². The van der Waals surface area contributed by atoms with E-state index in [2.05, 4.69) is 26.2 Å². The van der Waals surface area contributed by atoms with Gasteiger partial charge in [0.25, 0.3) is 0 Å². The predicted octanol–water partition coefficient (Wildman–Crippen LogP) is 3.73. The zero-order valence-electron chi connectivity index (χ0n) is 65.8. The van der Waals surface area contributed by atoms with Crippen molar-refractivity contribution in [2.24, 2.45) is 23.7 Å². The van der Waals surface area contributed by atoms with Gasteiger partial charge in [0.05, 0.1) is 32.3 Å². The number of morpholine rings is 1. The van der Waals surface area contributed by atoms with E-state index >= 15 is 43.2 Å². The lowest BCUT2D eigenvalue weighted by Crippen LogP contribution is -2.62. The molecule has 3 heterocycles. The van der Waals surface area contributed by atoms with Crippen LogP contribution in [-0.4, -0.2) is 288 Å². The molecule has 0 spiro atoms. The lowest BCUT2D eigenvalue weighted by Gasteiger charge is -2.38. The molecule has 3 aliphatic rings. The van der Waals surface area contributed by atoms with Crippen LogP contribution in [0.2, 0.25) is 0 Å². The number of ether oxygens (including phenoxy) is 1. The molecule has 0 radical (unpaired) electrons. The molecule has 11 atom stereocenters. The Morgan fingerprint density at radius 2 is 0.943 bits per heavy atom. The summed E-state index contributed by atoms with van der Waals surface area (Å²) >= 11 is 0. The van der Waals surface area contributed by atoms with Crippen molar-refractivity contribution in [3.05, 3.63) is 71.8 Å². The number of carbonyl (C=O) groups is 12. The second-order valence-corrected chi connectivity index (χ2v) is 30.8. The standard InChI is InChI=1S/C78H125N13O14/c1-18-19-34-91-49-67(94)84(13)61(33-37-89-38-40-105-41-39-89)70(96)81-60(75(101)90-35-27-22-28-36-90)48-66(93)83(12)54(10)69(95)79-58(42-50(2)3)73(99)87(16)64(45-53(8)9)76(102)86(15)63(46-56-29-23-20-24-30-56)71(97)80-59(43-51(4)5)74(100)88(17)65(47-57-31-25-21-26-32-57)77(103)85(14)62(44-52(6)7)72(98)82-68(55(11)92)78(91)104/h20-21,23-26,29-32,50-55,58-65,68,92H,18-19,22,27-28,33-49H2,1-17H3,(H,79,95)(H,80,97)(H,81,96)(H,82,98)/t54-,55+,58-,59-,60-,61-,62-,63-,64-,65-,68-/m0/s1. The van der Waals surface area contributed by atoms with Gasteiger partial charge in [-0.3, -0.25) is 62.4 Å². The highest BCUT2D eigenvalue weighted by molar-refractivity contribution is 6.00. The van der Waals surface area contributed by atoms with Crippen molar-refractivity contribution in [2.75, 3.05) is 101 Å². The Morgan fingerprint density at radius 1 is 0.486 bits per heavy atom. The summed E-state index contributed by atoms with van der Waals surface area (Å²) in [7, 11) is 8.63. The Morgan fingerprint density at radius 3 is 1.46 bits per heavy atom. The molecule has 0 aliphatic carbocycles. The van der Waals surface area contributed by atoms with Crippen LogP contribution in [0.1, 0.15) is 158 Å². The summed E-state index contributed by atoms with van der Waals surface area (Å²) in [5.41, 5.74) is 1.34. The van der Waals surface area contributed by atoms with E-state index in [4.69, 9.17) is 4.74 Å². The van der Waals surface area contributed by atoms with E-state index in [0.29, 0.717) is 82.7 Å². The van der Waals surface area contributed by atoms with E-state index in [1.54, 1.807) is 59.5 Å². The molecule has 3 aliphatic heterocycles. The Kier molecular flexibility index (Phi) is 35.3. The molecule has 2 aromatic rings. The van der Waals surface area contributed by atoms with Gasteiger partial charge in [0.2, 0.25) is 70.9 Å². The third-order valence-corrected chi connectivity index (χ3v) is 20.5. The lowest BCUT2D eigenvalue weighted by atomic mass is 9.96. The number of carbonyl (C=O) groups excluding carboxylic acids is 12. The molecule has 12 amide bonds. The molecule has 27 nitrogen and oxygen atoms in total. The fourth-order valence-electron chi connectivity index (χ4n) is 13.8. The number of piperidine rings is 1. The smallest absolute Gasteiger partial charge is 0.248 e. The van der Waals surface area contributed by atoms with E-state index in [-0.39, 0.29) is 75.2 Å². The number of amides is 12. The number of benzene rings is 2. The minimum Gasteiger partial charge on any atom is -0.391 e. The molecule has 0 saturated carbocycles. The van der Waals surface area contributed by atoms with E-state index in [1.165, 1.54) is 85.5 Å². The summed E-state index contributed by atoms with van der Waals surface area (Å²) in [6.45, 7) is 21.9. The summed E-state index contributed by atoms with van der Waals surface area (Å²) in [6, 6.07) is 4.64. The van der Waals surface area contributed by atoms with Gasteiger partial charge in [0, 0.05) is 94.4 Å². The molecule has 0 aromatic heterocycles. The van der Waals surface area contributed by atoms with Crippen molar-refractivity contribution in [3.8, 4) is 0 Å². The Labute approximate surface area is 623 Å². The van der Waals surface area contributed by atoms with Gasteiger partial charge in [-0.25, -0.2) is 0 Å². The van der Waals surface area contributed by atoms with Gasteiger partial charge in [0.1, 0.15) is 60.4 Å². The van der Waals surface area contributed by atoms with Crippen LogP contribution < -0.4 is 21.3 Å². The number of aliphatic hydroxyl groups is 1. The van der Waals surface area contributed by atoms with Gasteiger partial charge in [-0.15, -0.1) is 0 Å². The van der Waals surface area contributed by atoms with Crippen LogP contribution in [-0.2, 0) is 75.1 Å². The first-order valence-electron chi connectivity index (χ1n) is 38.0. The van der Waals surface area contributed by atoms with Crippen LogP contribution in [0.5, 0.6) is 0 Å². The summed E-state index contributed by atoms with van der Waals surface area (Å²) < 4.78 is 5.61. The highest BCUT2D eigenvalue weighted by atomic mass is 16.5. The average molecular weight is 1470 g/mol. The van der Waals surface area contributed by atoms with Crippen LogP contribution in [0.3, 0.4) is 0 Å². The summed E-state index contributed by atoms with van der Waals surface area (Å²) in [5, 5.41) is 23.1. The van der Waals surface area contributed by atoms with Gasteiger partial charge in [-0.2, -0.15) is 0 Å². The highest BCUT2D eigenvalue weighted by Crippen LogP contribution is 2.24. The second kappa shape index (κ2) is 42.3. The van der Waals surface area contributed by atoms with Crippen LogP contribution in [0.4, 0.5) is 0 Å². The molecule has 3 saturated heterocycles. The number of hydrogen-bond donors (Lipinski definition) is 5. The van der Waals surface area contributed by atoms with Gasteiger partial charge < -0.3 is 70.3 Å². The fourth-order valence-corrected chi connectivity index (χ4v) is 13.8. The van der Waals surface area contributed by atoms with Crippen LogP contribution >= 0.6 is 0 Å². The van der Waals surface area contributed by atoms with Gasteiger partial charge >= 0.3 is 0 Å². The molecule has 105 heavy (non-hydrogen) atoms. The molecule has 5 N–H and O–H groups in total. The zero-order valence-corrected chi connectivity index (χ0v) is 65.8. The van der Waals surface area contributed by atoms with Crippen molar-refractivity contribution in [1.82, 2.24) is 65.4 Å². The molecule has 5 rings (SSSR count). The first kappa shape index (κ1) is 87.6. The molecular formula is C78H125N13O14. The topological polar surface area (TPSA) is 312 Å². The average Bonchev–Trinajstić information content (AvgIpc) is 0.813. The summed E-state index contributed by atoms with van der Waals surface area (Å²) in [5.74, 6) is -9.18. The summed E-state index contributed by atoms with van der Waals surface area (Å²) in [6.07, 6.45) is 1.31. The SMILES string of the molecule is CCCCN1CC(=O)N(C)[C@@H](CCN2CCOCC2)C(=O)N[C@H](C(=O)N2CCCCC2)CC(=O)N(C)[C@@H](C)C(=O)N[C@@H](CC(C)C)C(=O)N(C)[C@@H](CC(C)C)C(=O)N(C)[C@@H](Cc2ccccc2)C(=O)N[C@@H](CC(C)C)C(=O)N(C)[C@@H](Cc2ccccc2)C(=O)N(C)[C@@H](CC(C)C)C(=O)N[C@@H]([C@@H](C)O)C1=O. The summed E-state index contributed by atoms with van der Waals surface area (Å²) in [4.78, 5) is 194. The number of likely N-dealkylation sites (tertiary alicyclic amines) is 1. The Hall–Kier alpha value is -8.04. The maximum absolute atomic E-state index is 15.6. The molecule has 0 unspecified atom stereocenters. The first-order valence-corrected chi connectivity index (χ1v) is 38.0. The highest BCUT2D eigenvalue weighted by Gasteiger charge is 2.44. The number of nitrogens with zero attached hydrogens (tertiary/aromatic N) is 9. The normalized spacial score (nSPS) is 25.5. The third kappa shape index (κ3) is 25.9. The maximum Gasteiger partial charge on any atom is 0.248 e. The number of likely N-dealkylation sites (N-methyl/N-ethyl adjacent to an activating group) is 6. The van der Waals surface area contributed by atoms with Crippen LogP contribution in [0.15, 0.2) is 60.7 Å². The van der Waals surface area contributed by atoms with E-state index < -0.39 is 150 Å². The number of aliphatic hydroxyl groups excluding tert-OH is 1. The minimum atomic E-state index is -1.67. The number of rotatable bonds is 20. The molecule has 3 fully saturated rings. The van der Waals surface area contributed by atoms with Crippen molar-refractivity contribution in [3.63, 3.8) is 0 Å². The van der Waals surface area contributed by atoms with E-state index in [9.17, 15) is 19.5 Å².